The summed E-state index contributed by atoms with van der Waals surface area (Å²) in [6.07, 6.45) is 8.83. The molecule has 0 aliphatic carbocycles. The summed E-state index contributed by atoms with van der Waals surface area (Å²) in [5, 5.41) is 13.6. The first kappa shape index (κ1) is 13.3. The lowest BCUT2D eigenvalue weighted by Crippen LogP contribution is -2.24. The van der Waals surface area contributed by atoms with Crippen molar-refractivity contribution in [2.24, 2.45) is 0 Å². The maximum absolute atomic E-state index is 11.9. The second-order valence-corrected chi connectivity index (χ2v) is 4.44. The molecule has 0 atom stereocenters. The highest BCUT2D eigenvalue weighted by atomic mass is 79.9. The molecular weight excluding hydrogens is 312 g/mol. The van der Waals surface area contributed by atoms with Crippen molar-refractivity contribution >= 4 is 21.6 Å². The number of halogens is 1. The maximum atomic E-state index is 11.9. The van der Waals surface area contributed by atoms with E-state index < -0.39 is 0 Å². The molecule has 0 spiro atoms. The van der Waals surface area contributed by atoms with Crippen LogP contribution < -0.4 is 10.9 Å². The molecule has 0 aliphatic heterocycles. The van der Waals surface area contributed by atoms with E-state index in [1.165, 1.54) is 11.0 Å². The molecule has 8 heteroatoms. The molecule has 0 unspecified atom stereocenters. The van der Waals surface area contributed by atoms with Gasteiger partial charge in [0.25, 0.3) is 5.56 Å². The number of aromatic nitrogens is 5. The third-order valence-corrected chi connectivity index (χ3v) is 3.13. The number of anilines is 1. The van der Waals surface area contributed by atoms with E-state index in [0.717, 1.165) is 5.82 Å². The summed E-state index contributed by atoms with van der Waals surface area (Å²) in [6.45, 7) is 0.754. The van der Waals surface area contributed by atoms with Gasteiger partial charge in [0.05, 0.1) is 11.9 Å². The molecule has 0 radical (unpaired) electrons. The number of nitrogens with one attached hydrogen (secondary N) is 2. The van der Waals surface area contributed by atoms with Crippen molar-refractivity contribution in [2.75, 3.05) is 11.9 Å². The second kappa shape index (κ2) is 6.15. The van der Waals surface area contributed by atoms with Crippen LogP contribution in [0, 0.1) is 12.3 Å². The minimum atomic E-state index is -0.261. The minimum Gasteiger partial charge on any atom is -0.382 e. The van der Waals surface area contributed by atoms with Crippen LogP contribution in [0.3, 0.4) is 0 Å². The Morgan fingerprint density at radius 2 is 2.42 bits per heavy atom. The molecule has 7 nitrogen and oxygen atoms in total. The van der Waals surface area contributed by atoms with Crippen LogP contribution in [0.15, 0.2) is 21.8 Å². The molecule has 0 saturated carbocycles. The van der Waals surface area contributed by atoms with E-state index in [1.807, 2.05) is 0 Å². The first-order valence-corrected chi connectivity index (χ1v) is 6.29. The smallest absolute Gasteiger partial charge is 0.284 e. The molecule has 98 valence electrons. The summed E-state index contributed by atoms with van der Waals surface area (Å²) in [5.41, 5.74) is 0.361. The van der Waals surface area contributed by atoms with Crippen LogP contribution in [-0.4, -0.2) is 31.5 Å². The van der Waals surface area contributed by atoms with Crippen LogP contribution in [0.5, 0.6) is 0 Å². The van der Waals surface area contributed by atoms with E-state index in [-0.39, 0.29) is 12.1 Å². The Morgan fingerprint density at radius 3 is 3.11 bits per heavy atom. The summed E-state index contributed by atoms with van der Waals surface area (Å²) in [5.74, 6) is 3.15. The van der Waals surface area contributed by atoms with Gasteiger partial charge in [-0.2, -0.15) is 10.2 Å². The monoisotopic (exact) mass is 322 g/mol. The second-order valence-electron chi connectivity index (χ2n) is 3.65. The molecule has 2 rings (SSSR count). The zero-order chi connectivity index (χ0) is 13.7. The van der Waals surface area contributed by atoms with Gasteiger partial charge in [-0.15, -0.1) is 6.42 Å². The van der Waals surface area contributed by atoms with Crippen molar-refractivity contribution in [1.82, 2.24) is 25.0 Å². The van der Waals surface area contributed by atoms with Gasteiger partial charge in [-0.3, -0.25) is 9.89 Å². The summed E-state index contributed by atoms with van der Waals surface area (Å²) in [6, 6.07) is 0. The third-order valence-electron chi connectivity index (χ3n) is 2.37. The van der Waals surface area contributed by atoms with Crippen LogP contribution in [0.2, 0.25) is 0 Å². The standard InChI is InChI=1S/C11H11BrN6O/c1-2-5-18-11(19)10(12)8(6-16-18)13-4-3-9-14-7-15-17-9/h1,6-7,13H,3-5H2,(H,14,15,17). The number of nitrogens with zero attached hydrogens (tertiary/aromatic N) is 4. The topological polar surface area (TPSA) is 88.5 Å². The van der Waals surface area contributed by atoms with Crippen molar-refractivity contribution in [3.63, 3.8) is 0 Å². The minimum absolute atomic E-state index is 0.149. The van der Waals surface area contributed by atoms with Gasteiger partial charge < -0.3 is 5.32 Å². The Balaban J connectivity index is 2.03. The van der Waals surface area contributed by atoms with Crippen molar-refractivity contribution < 1.29 is 0 Å². The summed E-state index contributed by atoms with van der Waals surface area (Å²) in [7, 11) is 0. The molecule has 0 amide bonds. The van der Waals surface area contributed by atoms with Gasteiger partial charge in [0.1, 0.15) is 23.2 Å². The Labute approximate surface area is 117 Å². The molecule has 0 bridgehead atoms. The fraction of sp³-hybridized carbons (Fsp3) is 0.273. The third kappa shape index (κ3) is 3.20. The highest BCUT2D eigenvalue weighted by Gasteiger charge is 2.07. The van der Waals surface area contributed by atoms with E-state index in [9.17, 15) is 4.79 Å². The predicted molar refractivity (Wildman–Crippen MR) is 73.6 cm³/mol. The molecule has 2 aromatic heterocycles. The average Bonchev–Trinajstić information content (AvgIpc) is 2.91. The lowest BCUT2D eigenvalue weighted by Gasteiger charge is -2.08. The molecule has 0 aliphatic rings. The zero-order valence-corrected chi connectivity index (χ0v) is 11.5. The number of hydrogen-bond donors (Lipinski definition) is 2. The van der Waals surface area contributed by atoms with Crippen LogP contribution in [0.1, 0.15) is 5.82 Å². The van der Waals surface area contributed by atoms with E-state index in [1.54, 1.807) is 6.20 Å². The lowest BCUT2D eigenvalue weighted by atomic mass is 10.4. The van der Waals surface area contributed by atoms with Crippen LogP contribution in [-0.2, 0) is 13.0 Å². The molecule has 2 aromatic rings. The normalized spacial score (nSPS) is 10.1. The largest absolute Gasteiger partial charge is 0.382 e. The Hall–Kier alpha value is -2.14. The molecule has 2 N–H and O–H groups in total. The Kier molecular flexibility index (Phi) is 4.30. The van der Waals surface area contributed by atoms with E-state index in [2.05, 4.69) is 47.4 Å². The summed E-state index contributed by atoms with van der Waals surface area (Å²) in [4.78, 5) is 15.9. The highest BCUT2D eigenvalue weighted by Crippen LogP contribution is 2.15. The van der Waals surface area contributed by atoms with E-state index in [0.29, 0.717) is 23.1 Å². The summed E-state index contributed by atoms with van der Waals surface area (Å²) < 4.78 is 1.63. The van der Waals surface area contributed by atoms with Crippen LogP contribution in [0.25, 0.3) is 0 Å². The van der Waals surface area contributed by atoms with Gasteiger partial charge in [0.15, 0.2) is 0 Å². The zero-order valence-electron chi connectivity index (χ0n) is 9.93. The lowest BCUT2D eigenvalue weighted by molar-refractivity contribution is 0.659. The molecule has 2 heterocycles. The Morgan fingerprint density at radius 1 is 1.58 bits per heavy atom. The highest BCUT2D eigenvalue weighted by molar-refractivity contribution is 9.10. The van der Waals surface area contributed by atoms with Gasteiger partial charge in [-0.25, -0.2) is 9.67 Å². The van der Waals surface area contributed by atoms with Crippen molar-refractivity contribution in [2.45, 2.75) is 13.0 Å². The SMILES string of the molecule is C#CCn1ncc(NCCc2ncn[nH]2)c(Br)c1=O. The van der Waals surface area contributed by atoms with Gasteiger partial charge >= 0.3 is 0 Å². The van der Waals surface area contributed by atoms with Crippen molar-refractivity contribution in [1.29, 1.82) is 0 Å². The first-order valence-electron chi connectivity index (χ1n) is 5.49. The number of terminal acetylenes is 1. The maximum Gasteiger partial charge on any atom is 0.284 e. The van der Waals surface area contributed by atoms with Gasteiger partial charge in [-0.1, -0.05) is 5.92 Å². The van der Waals surface area contributed by atoms with Crippen LogP contribution in [0.4, 0.5) is 5.69 Å². The van der Waals surface area contributed by atoms with Crippen molar-refractivity contribution in [3.05, 3.63) is 33.2 Å². The average molecular weight is 323 g/mol. The Bertz CT molecular complexity index is 642. The number of hydrogen-bond acceptors (Lipinski definition) is 5. The van der Waals surface area contributed by atoms with Crippen molar-refractivity contribution in [3.8, 4) is 12.3 Å². The van der Waals surface area contributed by atoms with E-state index >= 15 is 0 Å². The van der Waals surface area contributed by atoms with Gasteiger partial charge in [-0.05, 0) is 15.9 Å². The van der Waals surface area contributed by atoms with E-state index in [4.69, 9.17) is 6.42 Å². The molecule has 0 fully saturated rings. The molecule has 19 heavy (non-hydrogen) atoms. The van der Waals surface area contributed by atoms with Crippen LogP contribution >= 0.6 is 15.9 Å². The van der Waals surface area contributed by atoms with Gasteiger partial charge in [0, 0.05) is 13.0 Å². The number of aromatic amines is 1. The predicted octanol–water partition coefficient (Wildman–Crippen LogP) is 0.412. The van der Waals surface area contributed by atoms with Gasteiger partial charge in [0.2, 0.25) is 0 Å². The fourth-order valence-corrected chi connectivity index (χ4v) is 1.90. The first-order chi connectivity index (χ1) is 9.22. The summed E-state index contributed by atoms with van der Waals surface area (Å²) >= 11 is 3.24. The molecule has 0 aromatic carbocycles. The molecular formula is C11H11BrN6O. The quantitative estimate of drug-likeness (QED) is 0.778. The fourth-order valence-electron chi connectivity index (χ4n) is 1.45. The molecule has 0 saturated heterocycles. The number of rotatable bonds is 5. The number of H-pyrrole nitrogens is 1.